The number of aromatic amines is 1. The van der Waals surface area contributed by atoms with Gasteiger partial charge in [-0.1, -0.05) is 30.3 Å². The number of aromatic nitrogens is 2. The van der Waals surface area contributed by atoms with Crippen LogP contribution in [-0.2, 0) is 17.4 Å². The molecule has 206 valence electrons. The van der Waals surface area contributed by atoms with E-state index in [9.17, 15) is 36.6 Å². The number of likely N-dealkylation sites (tertiary alicyclic amines) is 1. The summed E-state index contributed by atoms with van der Waals surface area (Å²) in [5, 5.41) is 16.3. The normalized spacial score (nSPS) is 23.4. The topological polar surface area (TPSA) is 89.5 Å². The standard InChI is InChI=1S/C26H22F6N4O3/c27-14-6-4-13(5-7-14)15-2-1-3-16(20(15)26(30,31)32)22-21(29)18(28)8-10-35(22)24(37)23-17-12-33-34-19(17)9-11-36(23)25(38)39/h1-7,12,18,21-23H,8-11H2,(H,33,34)(H,38,39). The highest BCUT2D eigenvalue weighted by molar-refractivity contribution is 5.88. The van der Waals surface area contributed by atoms with Gasteiger partial charge in [0.05, 0.1) is 17.8 Å². The van der Waals surface area contributed by atoms with E-state index < -0.39 is 78.1 Å². The van der Waals surface area contributed by atoms with Gasteiger partial charge in [0.25, 0.3) is 5.91 Å². The van der Waals surface area contributed by atoms with Gasteiger partial charge in [-0.15, -0.1) is 0 Å². The number of carbonyl (C=O) groups is 2. The zero-order valence-electron chi connectivity index (χ0n) is 20.1. The van der Waals surface area contributed by atoms with Crippen LogP contribution in [0.1, 0.15) is 40.9 Å². The maximum absolute atomic E-state index is 15.6. The van der Waals surface area contributed by atoms with Gasteiger partial charge in [-0.25, -0.2) is 18.0 Å². The molecule has 1 aromatic heterocycles. The maximum Gasteiger partial charge on any atom is 0.417 e. The van der Waals surface area contributed by atoms with E-state index in [0.29, 0.717) is 5.69 Å². The van der Waals surface area contributed by atoms with Crippen LogP contribution in [0.5, 0.6) is 0 Å². The minimum atomic E-state index is -5.06. The lowest BCUT2D eigenvalue weighted by Crippen LogP contribution is -2.54. The Bertz CT molecular complexity index is 1390. The van der Waals surface area contributed by atoms with E-state index in [1.807, 2.05) is 0 Å². The number of carbonyl (C=O) groups excluding carboxylic acids is 1. The van der Waals surface area contributed by atoms with Crippen LogP contribution in [0.4, 0.5) is 31.1 Å². The first kappa shape index (κ1) is 26.6. The first-order valence-electron chi connectivity index (χ1n) is 12.1. The molecule has 3 aromatic rings. The summed E-state index contributed by atoms with van der Waals surface area (Å²) in [5.74, 6) is -1.66. The van der Waals surface area contributed by atoms with Crippen molar-refractivity contribution in [3.63, 3.8) is 0 Å². The summed E-state index contributed by atoms with van der Waals surface area (Å²) in [6, 6.07) is 4.01. The molecule has 13 heteroatoms. The smallest absolute Gasteiger partial charge is 0.417 e. The third kappa shape index (κ3) is 4.70. The number of hydrogen-bond donors (Lipinski definition) is 2. The number of rotatable bonds is 3. The van der Waals surface area contributed by atoms with Crippen molar-refractivity contribution in [2.24, 2.45) is 0 Å². The van der Waals surface area contributed by atoms with E-state index >= 15 is 4.39 Å². The van der Waals surface area contributed by atoms with Crippen molar-refractivity contribution in [1.82, 2.24) is 20.0 Å². The number of fused-ring (bicyclic) bond motifs is 1. The molecule has 2 N–H and O–H groups in total. The monoisotopic (exact) mass is 552 g/mol. The molecule has 5 rings (SSSR count). The molecule has 4 unspecified atom stereocenters. The van der Waals surface area contributed by atoms with Gasteiger partial charge < -0.3 is 10.0 Å². The second kappa shape index (κ2) is 9.93. The van der Waals surface area contributed by atoms with Gasteiger partial charge in [0, 0.05) is 30.8 Å². The van der Waals surface area contributed by atoms with E-state index in [2.05, 4.69) is 10.2 Å². The van der Waals surface area contributed by atoms with Crippen LogP contribution in [0.3, 0.4) is 0 Å². The number of piperidine rings is 1. The highest BCUT2D eigenvalue weighted by Gasteiger charge is 2.50. The number of hydrogen-bond acceptors (Lipinski definition) is 3. The van der Waals surface area contributed by atoms with Gasteiger partial charge in [0.2, 0.25) is 0 Å². The summed E-state index contributed by atoms with van der Waals surface area (Å²) < 4.78 is 87.5. The van der Waals surface area contributed by atoms with E-state index in [-0.39, 0.29) is 24.1 Å². The SMILES string of the molecule is O=C(O)N1CCc2[nH]ncc2C1C(=O)N1CCC(F)C(F)C1c1cccc(-c2ccc(F)cc2)c1C(F)(F)F. The highest BCUT2D eigenvalue weighted by Crippen LogP contribution is 2.47. The molecule has 0 radical (unpaired) electrons. The highest BCUT2D eigenvalue weighted by atomic mass is 19.4. The van der Waals surface area contributed by atoms with Gasteiger partial charge >= 0.3 is 12.3 Å². The quantitative estimate of drug-likeness (QED) is 0.423. The summed E-state index contributed by atoms with van der Waals surface area (Å²) >= 11 is 0. The molecule has 7 nitrogen and oxygen atoms in total. The predicted octanol–water partition coefficient (Wildman–Crippen LogP) is 5.46. The first-order valence-corrected chi connectivity index (χ1v) is 12.1. The molecule has 1 saturated heterocycles. The van der Waals surface area contributed by atoms with Crippen molar-refractivity contribution in [1.29, 1.82) is 0 Å². The molecule has 4 atom stereocenters. The molecule has 2 amide bonds. The number of alkyl halides is 5. The average molecular weight is 552 g/mol. The molecular weight excluding hydrogens is 530 g/mol. The van der Waals surface area contributed by atoms with Gasteiger partial charge in [-0.05, 0) is 35.2 Å². The lowest BCUT2D eigenvalue weighted by molar-refractivity contribution is -0.148. The lowest BCUT2D eigenvalue weighted by atomic mass is 9.85. The van der Waals surface area contributed by atoms with Crippen LogP contribution in [0.25, 0.3) is 11.1 Å². The van der Waals surface area contributed by atoms with Crippen LogP contribution >= 0.6 is 0 Å². The molecule has 39 heavy (non-hydrogen) atoms. The molecule has 3 heterocycles. The molecule has 2 aromatic carbocycles. The third-order valence-electron chi connectivity index (χ3n) is 7.21. The van der Waals surface area contributed by atoms with Crippen LogP contribution in [-0.4, -0.2) is 62.5 Å². The maximum atomic E-state index is 15.6. The van der Waals surface area contributed by atoms with Crippen molar-refractivity contribution >= 4 is 12.0 Å². The largest absolute Gasteiger partial charge is 0.465 e. The Labute approximate surface area is 218 Å². The molecule has 0 spiro atoms. The third-order valence-corrected chi connectivity index (χ3v) is 7.21. The summed E-state index contributed by atoms with van der Waals surface area (Å²) in [7, 11) is 0. The van der Waals surface area contributed by atoms with Gasteiger partial charge in [-0.2, -0.15) is 18.3 Å². The second-order valence-electron chi connectivity index (χ2n) is 9.43. The lowest BCUT2D eigenvalue weighted by Gasteiger charge is -2.44. The van der Waals surface area contributed by atoms with Crippen molar-refractivity contribution in [2.45, 2.75) is 43.4 Å². The zero-order chi connectivity index (χ0) is 28.1. The van der Waals surface area contributed by atoms with Crippen LogP contribution in [0, 0.1) is 5.82 Å². The zero-order valence-corrected chi connectivity index (χ0v) is 20.1. The van der Waals surface area contributed by atoms with Crippen molar-refractivity contribution in [2.75, 3.05) is 13.1 Å². The molecule has 2 aliphatic heterocycles. The molecule has 0 aliphatic carbocycles. The van der Waals surface area contributed by atoms with Gasteiger partial charge in [-0.3, -0.25) is 14.8 Å². The minimum absolute atomic E-state index is 0.0150. The molecule has 0 saturated carbocycles. The van der Waals surface area contributed by atoms with Crippen LogP contribution < -0.4 is 0 Å². The Morgan fingerprint density at radius 1 is 1.00 bits per heavy atom. The Balaban J connectivity index is 1.66. The van der Waals surface area contributed by atoms with E-state index in [1.54, 1.807) is 0 Å². The molecule has 2 aliphatic rings. The van der Waals surface area contributed by atoms with E-state index in [4.69, 9.17) is 0 Å². The van der Waals surface area contributed by atoms with Crippen LogP contribution in [0.2, 0.25) is 0 Å². The number of H-pyrrole nitrogens is 1. The molecular formula is C26H22F6N4O3. The predicted molar refractivity (Wildman–Crippen MR) is 125 cm³/mol. The number of nitrogens with zero attached hydrogens (tertiary/aromatic N) is 3. The fraction of sp³-hybridized carbons (Fsp3) is 0.346. The Morgan fingerprint density at radius 2 is 1.72 bits per heavy atom. The minimum Gasteiger partial charge on any atom is -0.465 e. The molecule has 0 bridgehead atoms. The van der Waals surface area contributed by atoms with Crippen LogP contribution in [0.15, 0.2) is 48.7 Å². The average Bonchev–Trinajstić information content (AvgIpc) is 3.37. The van der Waals surface area contributed by atoms with Gasteiger partial charge in [0.15, 0.2) is 6.17 Å². The first-order chi connectivity index (χ1) is 18.5. The number of halogens is 6. The van der Waals surface area contributed by atoms with Crippen molar-refractivity contribution < 1.29 is 41.0 Å². The van der Waals surface area contributed by atoms with Gasteiger partial charge in [0.1, 0.15) is 18.0 Å². The second-order valence-corrected chi connectivity index (χ2v) is 9.43. The fourth-order valence-electron chi connectivity index (χ4n) is 5.44. The fourth-order valence-corrected chi connectivity index (χ4v) is 5.44. The summed E-state index contributed by atoms with van der Waals surface area (Å²) in [6.07, 6.45) is -10.2. The number of nitrogens with one attached hydrogen (secondary N) is 1. The van der Waals surface area contributed by atoms with E-state index in [0.717, 1.165) is 46.2 Å². The summed E-state index contributed by atoms with van der Waals surface area (Å²) in [6.45, 7) is -0.557. The number of carboxylic acid groups (broad SMARTS) is 1. The number of amides is 2. The van der Waals surface area contributed by atoms with Crippen molar-refractivity contribution in [3.8, 4) is 11.1 Å². The summed E-state index contributed by atoms with van der Waals surface area (Å²) in [4.78, 5) is 27.5. The van der Waals surface area contributed by atoms with Crippen molar-refractivity contribution in [3.05, 3.63) is 76.9 Å². The Hall–Kier alpha value is -4.03. The van der Waals surface area contributed by atoms with E-state index in [1.165, 1.54) is 12.3 Å². The number of benzene rings is 2. The summed E-state index contributed by atoms with van der Waals surface area (Å²) in [5.41, 5.74) is -1.73. The Morgan fingerprint density at radius 3 is 2.38 bits per heavy atom. The molecule has 1 fully saturated rings. The Kier molecular flexibility index (Phi) is 6.77.